The van der Waals surface area contributed by atoms with Gasteiger partial charge in [-0.2, -0.15) is 23.3 Å². The quantitative estimate of drug-likeness (QED) is 0.310. The van der Waals surface area contributed by atoms with Crippen LogP contribution in [0.4, 0.5) is 26.3 Å². The molecular formula is C24H14F6N6O2. The number of alkyl halides is 3. The van der Waals surface area contributed by atoms with Crippen LogP contribution >= 0.6 is 0 Å². The maximum atomic E-state index is 14.1. The molecule has 0 saturated carbocycles. The number of aliphatic imine (C=N–C) groups is 1. The first kappa shape index (κ1) is 25.0. The van der Waals surface area contributed by atoms with E-state index in [0.717, 1.165) is 18.5 Å². The molecule has 1 aliphatic rings. The van der Waals surface area contributed by atoms with Gasteiger partial charge in [-0.1, -0.05) is 0 Å². The van der Waals surface area contributed by atoms with Gasteiger partial charge in [0, 0.05) is 30.3 Å². The summed E-state index contributed by atoms with van der Waals surface area (Å²) < 4.78 is 89.5. The number of hydrogen-bond acceptors (Lipinski definition) is 7. The zero-order valence-electron chi connectivity index (χ0n) is 19.0. The number of rotatable bonds is 6. The Kier molecular flexibility index (Phi) is 6.38. The lowest BCUT2D eigenvalue weighted by Crippen LogP contribution is -2.14. The van der Waals surface area contributed by atoms with E-state index >= 15 is 0 Å². The van der Waals surface area contributed by atoms with Crippen molar-refractivity contribution in [2.45, 2.75) is 19.1 Å². The molecule has 4 aromatic rings. The Morgan fingerprint density at radius 3 is 2.45 bits per heavy atom. The van der Waals surface area contributed by atoms with Crippen molar-refractivity contribution in [1.29, 1.82) is 0 Å². The topological polar surface area (TPSA) is 94.1 Å². The molecule has 0 amide bonds. The van der Waals surface area contributed by atoms with E-state index in [1.807, 2.05) is 0 Å². The first-order valence-corrected chi connectivity index (χ1v) is 10.9. The van der Waals surface area contributed by atoms with Crippen LogP contribution in [0.25, 0.3) is 10.9 Å². The minimum absolute atomic E-state index is 0.00368. The number of benzene rings is 2. The van der Waals surface area contributed by atoms with E-state index in [1.54, 1.807) is 0 Å². The van der Waals surface area contributed by atoms with Crippen molar-refractivity contribution < 1.29 is 31.1 Å². The second-order valence-corrected chi connectivity index (χ2v) is 8.13. The molecule has 5 rings (SSSR count). The van der Waals surface area contributed by atoms with Gasteiger partial charge in [0.25, 0.3) is 5.56 Å². The molecule has 2 aromatic carbocycles. The summed E-state index contributed by atoms with van der Waals surface area (Å²) in [6.07, 6.45) is -2.59. The summed E-state index contributed by atoms with van der Waals surface area (Å²) in [6.45, 7) is -0.323. The van der Waals surface area contributed by atoms with Crippen LogP contribution in [-0.2, 0) is 19.1 Å². The lowest BCUT2D eigenvalue weighted by atomic mass is 10.1. The number of azo groups is 1. The van der Waals surface area contributed by atoms with Gasteiger partial charge in [-0.3, -0.25) is 4.79 Å². The molecule has 0 atom stereocenters. The second kappa shape index (κ2) is 9.68. The second-order valence-electron chi connectivity index (χ2n) is 8.13. The Morgan fingerprint density at radius 2 is 1.76 bits per heavy atom. The van der Waals surface area contributed by atoms with Gasteiger partial charge in [-0.05, 0) is 29.8 Å². The van der Waals surface area contributed by atoms with Gasteiger partial charge in [-0.15, -0.1) is 5.11 Å². The van der Waals surface area contributed by atoms with Gasteiger partial charge >= 0.3 is 6.18 Å². The Hall–Kier alpha value is -4.62. The minimum Gasteiger partial charge on any atom is -0.438 e. The Balaban J connectivity index is 1.48. The van der Waals surface area contributed by atoms with E-state index in [4.69, 9.17) is 4.74 Å². The van der Waals surface area contributed by atoms with Crippen molar-refractivity contribution in [3.8, 4) is 11.6 Å². The van der Waals surface area contributed by atoms with Crippen LogP contribution in [-0.4, -0.2) is 27.0 Å². The van der Waals surface area contributed by atoms with E-state index in [2.05, 4.69) is 25.2 Å². The van der Waals surface area contributed by atoms with E-state index < -0.39 is 52.7 Å². The number of aromatic nitrogens is 3. The van der Waals surface area contributed by atoms with E-state index in [0.29, 0.717) is 12.1 Å². The van der Waals surface area contributed by atoms with Crippen LogP contribution in [0.2, 0.25) is 0 Å². The molecule has 14 heteroatoms. The molecule has 2 aromatic heterocycles. The lowest BCUT2D eigenvalue weighted by Gasteiger charge is -2.15. The van der Waals surface area contributed by atoms with Crippen LogP contribution in [0.5, 0.6) is 11.6 Å². The van der Waals surface area contributed by atoms with Gasteiger partial charge in [0.15, 0.2) is 12.5 Å². The molecule has 3 heterocycles. The molecule has 0 spiro atoms. The molecule has 38 heavy (non-hydrogen) atoms. The normalized spacial score (nSPS) is 13.3. The Labute approximate surface area is 209 Å². The zero-order valence-corrected chi connectivity index (χ0v) is 19.0. The molecule has 0 saturated heterocycles. The maximum absolute atomic E-state index is 14.1. The number of ether oxygens (including phenoxy) is 1. The standard InChI is InChI=1S/C24H14F6N6O2/c25-13-5-18(26)16(19(27)6-13)9-36-11-33-22(37)15-7-14(1-2-20(15)36)38-23-17(24(28,29)30)3-12(8-31-23)4-21-32-10-34-35-21/h1-3,5-8,11H,4,9-10H2. The highest BCUT2D eigenvalue weighted by atomic mass is 19.4. The van der Waals surface area contributed by atoms with Crippen LogP contribution in [0.1, 0.15) is 16.7 Å². The highest BCUT2D eigenvalue weighted by Crippen LogP contribution is 2.38. The first-order valence-electron chi connectivity index (χ1n) is 10.9. The van der Waals surface area contributed by atoms with Crippen LogP contribution < -0.4 is 10.3 Å². The third kappa shape index (κ3) is 5.10. The van der Waals surface area contributed by atoms with Crippen molar-refractivity contribution in [1.82, 2.24) is 14.5 Å². The molecule has 194 valence electrons. The molecule has 1 aliphatic heterocycles. The molecule has 0 bridgehead atoms. The van der Waals surface area contributed by atoms with E-state index in [-0.39, 0.29) is 41.1 Å². The van der Waals surface area contributed by atoms with Gasteiger partial charge < -0.3 is 9.30 Å². The number of hydrogen-bond donors (Lipinski definition) is 0. The average Bonchev–Trinajstić information content (AvgIpc) is 3.36. The van der Waals surface area contributed by atoms with Gasteiger partial charge in [0.05, 0.1) is 23.8 Å². The minimum atomic E-state index is -4.81. The van der Waals surface area contributed by atoms with Crippen LogP contribution in [0.15, 0.2) is 68.9 Å². The monoisotopic (exact) mass is 532 g/mol. The molecule has 0 unspecified atom stereocenters. The summed E-state index contributed by atoms with van der Waals surface area (Å²) in [5.74, 6) is -4.00. The molecule has 0 fully saturated rings. The fourth-order valence-electron chi connectivity index (χ4n) is 3.79. The zero-order chi connectivity index (χ0) is 27.0. The number of amidine groups is 1. The molecular weight excluding hydrogens is 518 g/mol. The van der Waals surface area contributed by atoms with Crippen molar-refractivity contribution in [2.24, 2.45) is 15.2 Å². The summed E-state index contributed by atoms with van der Waals surface area (Å²) in [6, 6.07) is 5.62. The van der Waals surface area contributed by atoms with Crippen molar-refractivity contribution in [2.75, 3.05) is 6.67 Å². The summed E-state index contributed by atoms with van der Waals surface area (Å²) in [4.78, 5) is 23.8. The summed E-state index contributed by atoms with van der Waals surface area (Å²) in [5, 5.41) is 7.29. The van der Waals surface area contributed by atoms with E-state index in [1.165, 1.54) is 22.9 Å². The smallest absolute Gasteiger partial charge is 0.421 e. The summed E-state index contributed by atoms with van der Waals surface area (Å²) in [5.41, 5.74) is -2.03. The van der Waals surface area contributed by atoms with Crippen LogP contribution in [0, 0.1) is 17.5 Å². The van der Waals surface area contributed by atoms with Gasteiger partial charge in [-0.25, -0.2) is 23.1 Å². The molecule has 0 aliphatic carbocycles. The highest BCUT2D eigenvalue weighted by Gasteiger charge is 2.36. The average molecular weight is 532 g/mol. The van der Waals surface area contributed by atoms with Crippen molar-refractivity contribution >= 4 is 16.7 Å². The summed E-state index contributed by atoms with van der Waals surface area (Å²) in [7, 11) is 0. The lowest BCUT2D eigenvalue weighted by molar-refractivity contribution is -0.138. The first-order chi connectivity index (χ1) is 18.1. The maximum Gasteiger partial charge on any atom is 0.421 e. The predicted octanol–water partition coefficient (Wildman–Crippen LogP) is 5.43. The molecule has 0 radical (unpaired) electrons. The Morgan fingerprint density at radius 1 is 1.00 bits per heavy atom. The largest absolute Gasteiger partial charge is 0.438 e. The third-order valence-electron chi connectivity index (χ3n) is 5.55. The third-order valence-corrected chi connectivity index (χ3v) is 5.55. The number of nitrogens with zero attached hydrogens (tertiary/aromatic N) is 6. The van der Waals surface area contributed by atoms with Crippen LogP contribution in [0.3, 0.4) is 0 Å². The molecule has 0 N–H and O–H groups in total. The fourth-order valence-corrected chi connectivity index (χ4v) is 3.79. The fraction of sp³-hybridized carbons (Fsp3) is 0.167. The molecule has 8 nitrogen and oxygen atoms in total. The Bertz CT molecular complexity index is 1660. The number of fused-ring (bicyclic) bond motifs is 1. The SMILES string of the molecule is O=c1ncn(Cc2c(F)cc(F)cc2F)c2ccc(Oc3ncc(CC4=NCN=N4)cc3C(F)(F)F)cc12. The number of pyridine rings is 1. The van der Waals surface area contributed by atoms with E-state index in [9.17, 15) is 31.1 Å². The number of halogens is 6. The van der Waals surface area contributed by atoms with Gasteiger partial charge in [0.2, 0.25) is 5.88 Å². The van der Waals surface area contributed by atoms with Gasteiger partial charge in [0.1, 0.15) is 28.8 Å². The van der Waals surface area contributed by atoms with Crippen molar-refractivity contribution in [3.63, 3.8) is 0 Å². The van der Waals surface area contributed by atoms with Crippen molar-refractivity contribution in [3.05, 3.63) is 93.4 Å². The highest BCUT2D eigenvalue weighted by molar-refractivity contribution is 5.85. The summed E-state index contributed by atoms with van der Waals surface area (Å²) >= 11 is 0. The predicted molar refractivity (Wildman–Crippen MR) is 122 cm³/mol.